The number of thioether (sulfide) groups is 2. The van der Waals surface area contributed by atoms with E-state index in [9.17, 15) is 9.59 Å². The van der Waals surface area contributed by atoms with E-state index in [0.717, 1.165) is 62.9 Å². The van der Waals surface area contributed by atoms with Crippen molar-refractivity contribution in [2.75, 3.05) is 0 Å². The first-order valence-electron chi connectivity index (χ1n) is 13.9. The lowest BCUT2D eigenvalue weighted by molar-refractivity contribution is -0.155. The second-order valence-electron chi connectivity index (χ2n) is 10.3. The van der Waals surface area contributed by atoms with E-state index in [0.29, 0.717) is 6.42 Å². The van der Waals surface area contributed by atoms with Crippen molar-refractivity contribution >= 4 is 35.5 Å². The summed E-state index contributed by atoms with van der Waals surface area (Å²) in [6.07, 6.45) is 11.3. The van der Waals surface area contributed by atoms with Gasteiger partial charge >= 0.3 is 11.9 Å². The Morgan fingerprint density at radius 2 is 0.973 bits per heavy atom. The predicted molar refractivity (Wildman–Crippen MR) is 153 cm³/mol. The first kappa shape index (κ1) is 28.1. The molecule has 0 N–H and O–H groups in total. The van der Waals surface area contributed by atoms with Gasteiger partial charge in [0.1, 0.15) is 0 Å². The van der Waals surface area contributed by atoms with E-state index in [-0.39, 0.29) is 24.8 Å². The molecule has 2 aliphatic carbocycles. The molecule has 0 spiro atoms. The lowest BCUT2D eigenvalue weighted by Gasteiger charge is -2.36. The van der Waals surface area contributed by atoms with Gasteiger partial charge in [-0.3, -0.25) is 9.59 Å². The molecule has 0 radical (unpaired) electrons. The molecule has 200 valence electrons. The second-order valence-corrected chi connectivity index (χ2v) is 12.9. The largest absolute Gasteiger partial charge is 0.448 e. The normalized spacial score (nSPS) is 18.6. The minimum atomic E-state index is -0.439. The molecule has 0 aliphatic heterocycles. The summed E-state index contributed by atoms with van der Waals surface area (Å²) in [5, 5.41) is 0. The van der Waals surface area contributed by atoms with Crippen molar-refractivity contribution in [2.24, 2.45) is 0 Å². The summed E-state index contributed by atoms with van der Waals surface area (Å²) in [6, 6.07) is 20.7. The molecule has 0 atom stereocenters. The Morgan fingerprint density at radius 3 is 1.35 bits per heavy atom. The molecule has 2 aromatic rings. The van der Waals surface area contributed by atoms with Gasteiger partial charge in [-0.15, -0.1) is 23.5 Å². The molecular formula is C31H40O4S2. The van der Waals surface area contributed by atoms with Crippen LogP contribution in [-0.4, -0.2) is 21.8 Å². The summed E-state index contributed by atoms with van der Waals surface area (Å²) in [5.41, 5.74) is 2.50. The molecular weight excluding hydrogens is 500 g/mol. The highest BCUT2D eigenvalue weighted by Gasteiger charge is 2.38. The molecule has 0 saturated heterocycles. The first-order valence-corrected chi connectivity index (χ1v) is 15.8. The van der Waals surface area contributed by atoms with Crippen LogP contribution in [0.4, 0.5) is 0 Å². The van der Waals surface area contributed by atoms with E-state index in [4.69, 9.17) is 9.47 Å². The highest BCUT2D eigenvalue weighted by molar-refractivity contribution is 8.00. The molecule has 0 bridgehead atoms. The van der Waals surface area contributed by atoms with Crippen molar-refractivity contribution in [3.63, 3.8) is 0 Å². The van der Waals surface area contributed by atoms with Crippen molar-refractivity contribution in [1.82, 2.24) is 0 Å². The predicted octanol–water partition coefficient (Wildman–Crippen LogP) is 8.43. The van der Waals surface area contributed by atoms with E-state index in [2.05, 4.69) is 24.3 Å². The van der Waals surface area contributed by atoms with E-state index >= 15 is 0 Å². The third kappa shape index (κ3) is 9.10. The number of esters is 2. The number of carbonyl (C=O) groups excluding carboxylic acids is 2. The van der Waals surface area contributed by atoms with Gasteiger partial charge in [-0.25, -0.2) is 0 Å². The fourth-order valence-corrected chi connectivity index (χ4v) is 7.91. The van der Waals surface area contributed by atoms with E-state index in [1.807, 2.05) is 36.4 Å². The van der Waals surface area contributed by atoms with Crippen molar-refractivity contribution < 1.29 is 19.1 Å². The Labute approximate surface area is 230 Å². The number of carbonyl (C=O) groups is 2. The van der Waals surface area contributed by atoms with Gasteiger partial charge in [0.05, 0.1) is 0 Å². The van der Waals surface area contributed by atoms with Crippen LogP contribution in [0.1, 0.15) is 94.6 Å². The highest BCUT2D eigenvalue weighted by atomic mass is 32.2. The minimum absolute atomic E-state index is 0.193. The Morgan fingerprint density at radius 1 is 0.595 bits per heavy atom. The molecule has 4 nitrogen and oxygen atoms in total. The number of hydrogen-bond donors (Lipinski definition) is 0. The average Bonchev–Trinajstić information content (AvgIpc) is 2.93. The third-order valence-corrected chi connectivity index (χ3v) is 10.3. The summed E-state index contributed by atoms with van der Waals surface area (Å²) < 4.78 is 12.2. The lowest BCUT2D eigenvalue weighted by Crippen LogP contribution is -2.35. The molecule has 2 fully saturated rings. The fraction of sp³-hybridized carbons (Fsp3) is 0.548. The number of benzene rings is 2. The van der Waals surface area contributed by atoms with Crippen LogP contribution >= 0.6 is 23.5 Å². The molecule has 4 rings (SSSR count). The fourth-order valence-electron chi connectivity index (χ4n) is 5.20. The SMILES string of the molecule is O=C(CCCC(=O)OC1(SCc2ccccc2)CCCCC1)OC1(SCc2ccccc2)CCCCC1. The number of ether oxygens (including phenoxy) is 2. The summed E-state index contributed by atoms with van der Waals surface area (Å²) in [4.78, 5) is 24.8. The third-order valence-electron chi connectivity index (χ3n) is 7.28. The molecule has 0 heterocycles. The van der Waals surface area contributed by atoms with E-state index < -0.39 is 9.87 Å². The first-order chi connectivity index (χ1) is 18.1. The second kappa shape index (κ2) is 14.3. The van der Waals surface area contributed by atoms with Gasteiger partial charge in [-0.2, -0.15) is 0 Å². The zero-order valence-corrected chi connectivity index (χ0v) is 23.5. The lowest BCUT2D eigenvalue weighted by atomic mass is 9.97. The van der Waals surface area contributed by atoms with Gasteiger partial charge < -0.3 is 9.47 Å². The maximum absolute atomic E-state index is 12.8. The van der Waals surface area contributed by atoms with Gasteiger partial charge in [0.25, 0.3) is 0 Å². The van der Waals surface area contributed by atoms with Crippen LogP contribution < -0.4 is 0 Å². The maximum Gasteiger partial charge on any atom is 0.307 e. The summed E-state index contributed by atoms with van der Waals surface area (Å²) in [5.74, 6) is 1.29. The van der Waals surface area contributed by atoms with Crippen LogP contribution in [0, 0.1) is 0 Å². The molecule has 6 heteroatoms. The standard InChI is InChI=1S/C31H40O4S2/c32-28(34-30(20-9-3-10-21-30)36-24-26-14-5-1-6-15-26)18-13-19-29(33)35-31(22-11-4-12-23-31)37-25-27-16-7-2-8-17-27/h1-2,5-8,14-17H,3-4,9-13,18-25H2. The van der Waals surface area contributed by atoms with Crippen LogP contribution in [-0.2, 0) is 30.6 Å². The van der Waals surface area contributed by atoms with Crippen LogP contribution in [0.2, 0.25) is 0 Å². The van der Waals surface area contributed by atoms with Crippen molar-refractivity contribution in [3.05, 3.63) is 71.8 Å². The molecule has 2 aliphatic rings. The molecule has 2 aromatic carbocycles. The minimum Gasteiger partial charge on any atom is -0.448 e. The van der Waals surface area contributed by atoms with Gasteiger partial charge in [-0.05, 0) is 68.9 Å². The summed E-state index contributed by atoms with van der Waals surface area (Å²) >= 11 is 3.51. The van der Waals surface area contributed by atoms with E-state index in [1.165, 1.54) is 24.0 Å². The smallest absolute Gasteiger partial charge is 0.307 e. The van der Waals surface area contributed by atoms with Crippen molar-refractivity contribution in [3.8, 4) is 0 Å². The molecule has 2 saturated carbocycles. The van der Waals surface area contributed by atoms with Crippen LogP contribution in [0.25, 0.3) is 0 Å². The van der Waals surface area contributed by atoms with Crippen LogP contribution in [0.15, 0.2) is 60.7 Å². The van der Waals surface area contributed by atoms with Crippen LogP contribution in [0.3, 0.4) is 0 Å². The topological polar surface area (TPSA) is 52.6 Å². The highest BCUT2D eigenvalue weighted by Crippen LogP contribution is 2.44. The maximum atomic E-state index is 12.8. The molecule has 0 amide bonds. The monoisotopic (exact) mass is 540 g/mol. The van der Waals surface area contributed by atoms with Gasteiger partial charge in [-0.1, -0.05) is 73.5 Å². The quantitative estimate of drug-likeness (QED) is 0.199. The Balaban J connectivity index is 1.24. The number of rotatable bonds is 12. The molecule has 0 unspecified atom stereocenters. The summed E-state index contributed by atoms with van der Waals surface area (Å²) in [7, 11) is 0. The van der Waals surface area contributed by atoms with Gasteiger partial charge in [0.2, 0.25) is 0 Å². The van der Waals surface area contributed by atoms with Crippen molar-refractivity contribution in [2.45, 2.75) is 105 Å². The van der Waals surface area contributed by atoms with Crippen molar-refractivity contribution in [1.29, 1.82) is 0 Å². The zero-order chi connectivity index (χ0) is 25.8. The Hall–Kier alpha value is -1.92. The van der Waals surface area contributed by atoms with Gasteiger partial charge in [0.15, 0.2) is 9.87 Å². The zero-order valence-electron chi connectivity index (χ0n) is 21.8. The molecule has 37 heavy (non-hydrogen) atoms. The van der Waals surface area contributed by atoms with Gasteiger partial charge in [0, 0.05) is 24.3 Å². The molecule has 0 aromatic heterocycles. The average molecular weight is 541 g/mol. The summed E-state index contributed by atoms with van der Waals surface area (Å²) in [6.45, 7) is 0. The van der Waals surface area contributed by atoms with E-state index in [1.54, 1.807) is 23.5 Å². The Kier molecular flexibility index (Phi) is 10.9. The van der Waals surface area contributed by atoms with Crippen LogP contribution in [0.5, 0.6) is 0 Å². The Bertz CT molecular complexity index is 888. The number of hydrogen-bond acceptors (Lipinski definition) is 6.